The van der Waals surface area contributed by atoms with E-state index in [0.29, 0.717) is 24.4 Å². The standard InChI is InChI=1S/C14H20N2O4S/c1-4-16(11(2)9-19-3)21(17,18)10-13-12-7-5-6-8-14(12)20-15-13/h5-8,11H,4,9-10H2,1-3H3/t11-/m0/s1. The number of rotatable bonds is 7. The van der Waals surface area contributed by atoms with Gasteiger partial charge in [0.2, 0.25) is 10.0 Å². The van der Waals surface area contributed by atoms with Crippen molar-refractivity contribution >= 4 is 21.0 Å². The van der Waals surface area contributed by atoms with Crippen LogP contribution in [-0.4, -0.2) is 44.2 Å². The molecule has 2 aromatic rings. The molecule has 0 radical (unpaired) electrons. The second-order valence-corrected chi connectivity index (χ2v) is 6.81. The third-order valence-electron chi connectivity index (χ3n) is 3.34. The number of aromatic nitrogens is 1. The van der Waals surface area contributed by atoms with Gasteiger partial charge in [-0.15, -0.1) is 0 Å². The number of para-hydroxylation sites is 1. The topological polar surface area (TPSA) is 72.6 Å². The molecule has 0 saturated carbocycles. The average molecular weight is 312 g/mol. The molecule has 0 unspecified atom stereocenters. The Hall–Kier alpha value is -1.44. The number of fused-ring (bicyclic) bond motifs is 1. The normalized spacial score (nSPS) is 13.9. The average Bonchev–Trinajstić information content (AvgIpc) is 2.82. The van der Waals surface area contributed by atoms with Crippen molar-refractivity contribution in [3.05, 3.63) is 30.0 Å². The van der Waals surface area contributed by atoms with E-state index in [1.54, 1.807) is 13.2 Å². The summed E-state index contributed by atoms with van der Waals surface area (Å²) in [5.41, 5.74) is 1.03. The Morgan fingerprint density at radius 1 is 1.38 bits per heavy atom. The first-order valence-electron chi connectivity index (χ1n) is 6.81. The van der Waals surface area contributed by atoms with Crippen LogP contribution >= 0.6 is 0 Å². The minimum Gasteiger partial charge on any atom is -0.383 e. The lowest BCUT2D eigenvalue weighted by Crippen LogP contribution is -2.41. The van der Waals surface area contributed by atoms with E-state index >= 15 is 0 Å². The monoisotopic (exact) mass is 312 g/mol. The molecule has 2 rings (SSSR count). The van der Waals surface area contributed by atoms with Crippen LogP contribution in [0.1, 0.15) is 19.5 Å². The summed E-state index contributed by atoms with van der Waals surface area (Å²) in [6, 6.07) is 7.02. The highest BCUT2D eigenvalue weighted by atomic mass is 32.2. The molecular formula is C14H20N2O4S. The second-order valence-electron chi connectivity index (χ2n) is 4.89. The third kappa shape index (κ3) is 3.42. The Kier molecular flexibility index (Phi) is 4.97. The maximum atomic E-state index is 12.6. The quantitative estimate of drug-likeness (QED) is 0.782. The molecule has 116 valence electrons. The van der Waals surface area contributed by atoms with Crippen LogP contribution < -0.4 is 0 Å². The van der Waals surface area contributed by atoms with Crippen molar-refractivity contribution in [1.29, 1.82) is 0 Å². The molecule has 0 bridgehead atoms. The van der Waals surface area contributed by atoms with Crippen molar-refractivity contribution in [1.82, 2.24) is 9.46 Å². The van der Waals surface area contributed by atoms with Crippen LogP contribution in [0.2, 0.25) is 0 Å². The lowest BCUT2D eigenvalue weighted by atomic mass is 10.2. The zero-order valence-electron chi connectivity index (χ0n) is 12.4. The molecule has 21 heavy (non-hydrogen) atoms. The lowest BCUT2D eigenvalue weighted by molar-refractivity contribution is 0.142. The van der Waals surface area contributed by atoms with Crippen molar-refractivity contribution in [2.45, 2.75) is 25.6 Å². The van der Waals surface area contributed by atoms with Crippen LogP contribution in [0.15, 0.2) is 28.8 Å². The summed E-state index contributed by atoms with van der Waals surface area (Å²) in [7, 11) is -1.92. The molecule has 0 N–H and O–H groups in total. The van der Waals surface area contributed by atoms with Crippen LogP contribution in [0.5, 0.6) is 0 Å². The van der Waals surface area contributed by atoms with Crippen LogP contribution in [-0.2, 0) is 20.5 Å². The molecular weight excluding hydrogens is 292 g/mol. The van der Waals surface area contributed by atoms with Gasteiger partial charge in [0.15, 0.2) is 5.58 Å². The number of methoxy groups -OCH3 is 1. The molecule has 0 aliphatic carbocycles. The number of likely N-dealkylation sites (N-methyl/N-ethyl adjacent to an activating group) is 1. The van der Waals surface area contributed by atoms with Crippen LogP contribution in [0.25, 0.3) is 11.0 Å². The molecule has 1 aromatic heterocycles. The highest BCUT2D eigenvalue weighted by molar-refractivity contribution is 7.88. The van der Waals surface area contributed by atoms with E-state index in [0.717, 1.165) is 5.39 Å². The van der Waals surface area contributed by atoms with Gasteiger partial charge < -0.3 is 9.26 Å². The van der Waals surface area contributed by atoms with Gasteiger partial charge in [0.25, 0.3) is 0 Å². The molecule has 0 aliphatic heterocycles. The zero-order valence-corrected chi connectivity index (χ0v) is 13.3. The van der Waals surface area contributed by atoms with E-state index in [4.69, 9.17) is 9.26 Å². The Bertz CT molecular complexity index is 696. The minimum atomic E-state index is -3.48. The van der Waals surface area contributed by atoms with Gasteiger partial charge in [-0.05, 0) is 19.1 Å². The van der Waals surface area contributed by atoms with E-state index in [2.05, 4.69) is 5.16 Å². The molecule has 0 fully saturated rings. The van der Waals surface area contributed by atoms with E-state index in [9.17, 15) is 8.42 Å². The first-order chi connectivity index (χ1) is 9.99. The summed E-state index contributed by atoms with van der Waals surface area (Å²) in [4.78, 5) is 0. The Labute approximate surface area is 124 Å². The highest BCUT2D eigenvalue weighted by Gasteiger charge is 2.28. The Morgan fingerprint density at radius 2 is 2.10 bits per heavy atom. The number of hydrogen-bond donors (Lipinski definition) is 0. The smallest absolute Gasteiger partial charge is 0.220 e. The Balaban J connectivity index is 2.27. The second kappa shape index (κ2) is 6.55. The summed E-state index contributed by atoms with van der Waals surface area (Å²) >= 11 is 0. The number of sulfonamides is 1. The fourth-order valence-corrected chi connectivity index (χ4v) is 4.13. The summed E-state index contributed by atoms with van der Waals surface area (Å²) in [6.45, 7) is 4.38. The molecule has 1 aromatic carbocycles. The van der Waals surface area contributed by atoms with Gasteiger partial charge in [0.1, 0.15) is 11.4 Å². The van der Waals surface area contributed by atoms with Gasteiger partial charge in [-0.1, -0.05) is 24.2 Å². The first-order valence-corrected chi connectivity index (χ1v) is 8.42. The van der Waals surface area contributed by atoms with Crippen LogP contribution in [0.3, 0.4) is 0 Å². The number of ether oxygens (including phenoxy) is 1. The van der Waals surface area contributed by atoms with Gasteiger partial charge in [-0.25, -0.2) is 8.42 Å². The van der Waals surface area contributed by atoms with Crippen molar-refractivity contribution in [2.24, 2.45) is 0 Å². The number of benzene rings is 1. The van der Waals surface area contributed by atoms with Crippen molar-refractivity contribution < 1.29 is 17.7 Å². The molecule has 0 aliphatic rings. The third-order valence-corrected chi connectivity index (χ3v) is 5.31. The Morgan fingerprint density at radius 3 is 2.76 bits per heavy atom. The fourth-order valence-electron chi connectivity index (χ4n) is 2.40. The van der Waals surface area contributed by atoms with Gasteiger partial charge in [-0.2, -0.15) is 4.31 Å². The SMILES string of the molecule is CCN([C@@H](C)COC)S(=O)(=O)Cc1noc2ccccc12. The molecule has 0 amide bonds. The summed E-state index contributed by atoms with van der Waals surface area (Å²) in [5, 5.41) is 4.62. The molecule has 0 saturated heterocycles. The van der Waals surface area contributed by atoms with Gasteiger partial charge in [0.05, 0.1) is 6.61 Å². The summed E-state index contributed by atoms with van der Waals surface area (Å²) in [5.74, 6) is -0.175. The molecule has 7 heteroatoms. The van der Waals surface area contributed by atoms with E-state index in [1.807, 2.05) is 32.0 Å². The van der Waals surface area contributed by atoms with E-state index in [1.165, 1.54) is 4.31 Å². The van der Waals surface area contributed by atoms with Gasteiger partial charge in [-0.3, -0.25) is 0 Å². The molecule has 1 atom stereocenters. The van der Waals surface area contributed by atoms with Crippen molar-refractivity contribution in [3.63, 3.8) is 0 Å². The summed E-state index contributed by atoms with van der Waals surface area (Å²) < 4.78 is 36.8. The highest BCUT2D eigenvalue weighted by Crippen LogP contribution is 2.21. The first kappa shape index (κ1) is 15.9. The van der Waals surface area contributed by atoms with Crippen molar-refractivity contribution in [2.75, 3.05) is 20.3 Å². The minimum absolute atomic E-state index is 0.175. The van der Waals surface area contributed by atoms with E-state index in [-0.39, 0.29) is 11.8 Å². The lowest BCUT2D eigenvalue weighted by Gasteiger charge is -2.26. The van der Waals surface area contributed by atoms with Crippen LogP contribution in [0.4, 0.5) is 0 Å². The molecule has 0 spiro atoms. The van der Waals surface area contributed by atoms with E-state index < -0.39 is 10.0 Å². The maximum Gasteiger partial charge on any atom is 0.220 e. The number of hydrogen-bond acceptors (Lipinski definition) is 5. The predicted molar refractivity (Wildman–Crippen MR) is 80.4 cm³/mol. The van der Waals surface area contributed by atoms with Crippen molar-refractivity contribution in [3.8, 4) is 0 Å². The van der Waals surface area contributed by atoms with Gasteiger partial charge in [0, 0.05) is 25.1 Å². The number of nitrogens with zero attached hydrogens (tertiary/aromatic N) is 2. The maximum absolute atomic E-state index is 12.6. The largest absolute Gasteiger partial charge is 0.383 e. The fraction of sp³-hybridized carbons (Fsp3) is 0.500. The predicted octanol–water partition coefficient (Wildman–Crippen LogP) is 2.01. The molecule has 6 nitrogen and oxygen atoms in total. The molecule has 1 heterocycles. The van der Waals surface area contributed by atoms with Gasteiger partial charge >= 0.3 is 0 Å². The van der Waals surface area contributed by atoms with Crippen LogP contribution in [0, 0.1) is 0 Å². The zero-order chi connectivity index (χ0) is 15.5. The summed E-state index contributed by atoms with van der Waals surface area (Å²) in [6.07, 6.45) is 0.